The first-order chi connectivity index (χ1) is 7.09. The zero-order valence-electron chi connectivity index (χ0n) is 9.86. The van der Waals surface area contributed by atoms with Crippen molar-refractivity contribution in [3.05, 3.63) is 35.4 Å². The molecule has 0 heterocycles. The fourth-order valence-corrected chi connectivity index (χ4v) is 2.39. The Morgan fingerprint density at radius 2 is 1.73 bits per heavy atom. The lowest BCUT2D eigenvalue weighted by Gasteiger charge is -2.12. The second-order valence-electron chi connectivity index (χ2n) is 4.45. The van der Waals surface area contributed by atoms with E-state index in [0.29, 0.717) is 0 Å². The van der Waals surface area contributed by atoms with Gasteiger partial charge in [-0.3, -0.25) is 0 Å². The maximum absolute atomic E-state index is 6.11. The Balaban J connectivity index is 2.40. The van der Waals surface area contributed by atoms with Crippen LogP contribution in [0.4, 0.5) is 0 Å². The fraction of sp³-hybridized carbons (Fsp3) is 0.538. The highest BCUT2D eigenvalue weighted by Gasteiger charge is 2.05. The number of aryl methyl sites for hydroxylation is 1. The van der Waals surface area contributed by atoms with Gasteiger partial charge in [-0.15, -0.1) is 0 Å². The monoisotopic (exact) mass is 223 g/mol. The van der Waals surface area contributed by atoms with Crippen LogP contribution in [0.5, 0.6) is 0 Å². The highest BCUT2D eigenvalue weighted by atomic mass is 32.2. The molecule has 0 aliphatic carbocycles. The third-order valence-corrected chi connectivity index (χ3v) is 3.75. The SMILES string of the molecule is Cc1ccc(C(N)CSCC(C)C)cc1. The molecule has 1 rings (SSSR count). The zero-order valence-corrected chi connectivity index (χ0v) is 10.7. The van der Waals surface area contributed by atoms with Crippen LogP contribution in [0.1, 0.15) is 31.0 Å². The predicted octanol–water partition coefficient (Wildman–Crippen LogP) is 3.38. The summed E-state index contributed by atoms with van der Waals surface area (Å²) in [5, 5.41) is 0. The van der Waals surface area contributed by atoms with Crippen molar-refractivity contribution in [2.75, 3.05) is 11.5 Å². The van der Waals surface area contributed by atoms with Crippen LogP contribution >= 0.6 is 11.8 Å². The molecule has 1 nitrogen and oxygen atoms in total. The number of hydrogen-bond acceptors (Lipinski definition) is 2. The quantitative estimate of drug-likeness (QED) is 0.828. The van der Waals surface area contributed by atoms with E-state index in [1.807, 2.05) is 11.8 Å². The minimum absolute atomic E-state index is 0.175. The molecule has 0 amide bonds. The molecule has 0 saturated carbocycles. The van der Waals surface area contributed by atoms with E-state index >= 15 is 0 Å². The van der Waals surface area contributed by atoms with Gasteiger partial charge in [0.25, 0.3) is 0 Å². The largest absolute Gasteiger partial charge is 0.323 e. The lowest BCUT2D eigenvalue weighted by Crippen LogP contribution is -2.13. The number of benzene rings is 1. The second-order valence-corrected chi connectivity index (χ2v) is 5.52. The van der Waals surface area contributed by atoms with Gasteiger partial charge in [0.15, 0.2) is 0 Å². The average molecular weight is 223 g/mol. The van der Waals surface area contributed by atoms with Crippen LogP contribution < -0.4 is 5.73 Å². The van der Waals surface area contributed by atoms with Gasteiger partial charge in [0, 0.05) is 11.8 Å². The Morgan fingerprint density at radius 3 is 2.27 bits per heavy atom. The maximum Gasteiger partial charge on any atom is 0.0386 e. The van der Waals surface area contributed by atoms with Crippen molar-refractivity contribution in [2.45, 2.75) is 26.8 Å². The Morgan fingerprint density at radius 1 is 1.13 bits per heavy atom. The van der Waals surface area contributed by atoms with Gasteiger partial charge in [0.2, 0.25) is 0 Å². The molecule has 84 valence electrons. The minimum atomic E-state index is 0.175. The summed E-state index contributed by atoms with van der Waals surface area (Å²) in [6.07, 6.45) is 0. The summed E-state index contributed by atoms with van der Waals surface area (Å²) in [5.41, 5.74) is 8.65. The molecule has 0 radical (unpaired) electrons. The summed E-state index contributed by atoms with van der Waals surface area (Å²) in [7, 11) is 0. The summed E-state index contributed by atoms with van der Waals surface area (Å²) >= 11 is 1.94. The zero-order chi connectivity index (χ0) is 11.3. The Labute approximate surface area is 97.4 Å². The van der Waals surface area contributed by atoms with Crippen molar-refractivity contribution in [3.8, 4) is 0 Å². The minimum Gasteiger partial charge on any atom is -0.323 e. The third-order valence-electron chi connectivity index (χ3n) is 2.25. The molecular weight excluding hydrogens is 202 g/mol. The van der Waals surface area contributed by atoms with Gasteiger partial charge in [-0.25, -0.2) is 0 Å². The molecule has 0 bridgehead atoms. The van der Waals surface area contributed by atoms with Gasteiger partial charge in [-0.1, -0.05) is 43.7 Å². The van der Waals surface area contributed by atoms with Crippen LogP contribution in [0.2, 0.25) is 0 Å². The first kappa shape index (κ1) is 12.6. The van der Waals surface area contributed by atoms with Gasteiger partial charge in [-0.05, 0) is 24.2 Å². The van der Waals surface area contributed by atoms with Crippen molar-refractivity contribution in [2.24, 2.45) is 11.7 Å². The molecule has 0 aromatic heterocycles. The molecule has 0 fully saturated rings. The van der Waals surface area contributed by atoms with Crippen LogP contribution in [-0.4, -0.2) is 11.5 Å². The molecule has 1 atom stereocenters. The summed E-state index contributed by atoms with van der Waals surface area (Å²) in [6.45, 7) is 6.58. The standard InChI is InChI=1S/C13H21NS/c1-10(2)8-15-9-13(14)12-6-4-11(3)5-7-12/h4-7,10,13H,8-9,14H2,1-3H3. The fourth-order valence-electron chi connectivity index (χ4n) is 1.34. The predicted molar refractivity (Wildman–Crippen MR) is 70.3 cm³/mol. The second kappa shape index (κ2) is 6.19. The Kier molecular flexibility index (Phi) is 5.20. The number of thioether (sulfide) groups is 1. The summed E-state index contributed by atoms with van der Waals surface area (Å²) < 4.78 is 0. The van der Waals surface area contributed by atoms with E-state index in [-0.39, 0.29) is 6.04 Å². The lowest BCUT2D eigenvalue weighted by atomic mass is 10.1. The average Bonchev–Trinajstić information content (AvgIpc) is 2.18. The highest BCUT2D eigenvalue weighted by molar-refractivity contribution is 7.99. The van der Waals surface area contributed by atoms with Crippen molar-refractivity contribution in [3.63, 3.8) is 0 Å². The van der Waals surface area contributed by atoms with Gasteiger partial charge in [-0.2, -0.15) is 11.8 Å². The Bertz CT molecular complexity index is 279. The van der Waals surface area contributed by atoms with E-state index in [0.717, 1.165) is 11.7 Å². The molecular formula is C13H21NS. The van der Waals surface area contributed by atoms with Crippen molar-refractivity contribution in [1.82, 2.24) is 0 Å². The summed E-state index contributed by atoms with van der Waals surface area (Å²) in [4.78, 5) is 0. The molecule has 2 N–H and O–H groups in total. The summed E-state index contributed by atoms with van der Waals surface area (Å²) in [6, 6.07) is 8.70. The van der Waals surface area contributed by atoms with E-state index in [1.165, 1.54) is 16.9 Å². The first-order valence-electron chi connectivity index (χ1n) is 5.49. The lowest BCUT2D eigenvalue weighted by molar-refractivity contribution is 0.746. The molecule has 1 aromatic rings. The summed E-state index contributed by atoms with van der Waals surface area (Å²) in [5.74, 6) is 2.96. The molecule has 0 saturated heterocycles. The molecule has 1 unspecified atom stereocenters. The Hall–Kier alpha value is -0.470. The van der Waals surface area contributed by atoms with Crippen LogP contribution in [0.3, 0.4) is 0 Å². The van der Waals surface area contributed by atoms with E-state index in [2.05, 4.69) is 45.0 Å². The third kappa shape index (κ3) is 4.72. The highest BCUT2D eigenvalue weighted by Crippen LogP contribution is 2.18. The van der Waals surface area contributed by atoms with Crippen molar-refractivity contribution in [1.29, 1.82) is 0 Å². The van der Waals surface area contributed by atoms with Crippen molar-refractivity contribution < 1.29 is 0 Å². The van der Waals surface area contributed by atoms with Gasteiger partial charge in [0.1, 0.15) is 0 Å². The van der Waals surface area contributed by atoms with Gasteiger partial charge in [0.05, 0.1) is 0 Å². The number of rotatable bonds is 5. The van der Waals surface area contributed by atoms with E-state index in [1.54, 1.807) is 0 Å². The van der Waals surface area contributed by atoms with Gasteiger partial charge < -0.3 is 5.73 Å². The normalized spacial score (nSPS) is 13.1. The first-order valence-corrected chi connectivity index (χ1v) is 6.65. The van der Waals surface area contributed by atoms with E-state index in [9.17, 15) is 0 Å². The number of nitrogens with two attached hydrogens (primary N) is 1. The smallest absolute Gasteiger partial charge is 0.0386 e. The molecule has 15 heavy (non-hydrogen) atoms. The molecule has 0 spiro atoms. The molecule has 2 heteroatoms. The molecule has 0 aliphatic rings. The number of hydrogen-bond donors (Lipinski definition) is 1. The van der Waals surface area contributed by atoms with Crippen molar-refractivity contribution >= 4 is 11.8 Å². The maximum atomic E-state index is 6.11. The topological polar surface area (TPSA) is 26.0 Å². The molecule has 1 aromatic carbocycles. The van der Waals surface area contributed by atoms with Crippen LogP contribution in [0.25, 0.3) is 0 Å². The van der Waals surface area contributed by atoms with Crippen LogP contribution in [0, 0.1) is 12.8 Å². The van der Waals surface area contributed by atoms with E-state index in [4.69, 9.17) is 5.73 Å². The van der Waals surface area contributed by atoms with Crippen LogP contribution in [-0.2, 0) is 0 Å². The van der Waals surface area contributed by atoms with Gasteiger partial charge >= 0.3 is 0 Å². The van der Waals surface area contributed by atoms with Crippen LogP contribution in [0.15, 0.2) is 24.3 Å². The van der Waals surface area contributed by atoms with E-state index < -0.39 is 0 Å². The molecule has 0 aliphatic heterocycles.